The highest BCUT2D eigenvalue weighted by Crippen LogP contribution is 2.20. The van der Waals surface area contributed by atoms with Gasteiger partial charge in [0.25, 0.3) is 0 Å². The third-order valence-corrected chi connectivity index (χ3v) is 2.55. The molecule has 1 aromatic carbocycles. The van der Waals surface area contributed by atoms with Gasteiger partial charge in [-0.1, -0.05) is 13.0 Å². The van der Waals surface area contributed by atoms with Crippen molar-refractivity contribution in [2.45, 2.75) is 20.8 Å². The zero-order chi connectivity index (χ0) is 12.2. The maximum atomic E-state index is 9.13. The smallest absolute Gasteiger partial charge is 0.119 e. The molecule has 0 radical (unpaired) electrons. The number of rotatable bonds is 5. The Morgan fingerprint density at radius 3 is 2.00 bits per heavy atom. The summed E-state index contributed by atoms with van der Waals surface area (Å²) in [6, 6.07) is 5.97. The number of ether oxygens (including phenoxy) is 1. The van der Waals surface area contributed by atoms with Crippen LogP contribution in [0.25, 0.3) is 0 Å². The first-order chi connectivity index (χ1) is 7.49. The summed E-state index contributed by atoms with van der Waals surface area (Å²) >= 11 is 0. The first kappa shape index (κ1) is 13.0. The SMILES string of the molecule is Cc1cc(C)cc(OCC(C)(CO)CO)c1. The summed E-state index contributed by atoms with van der Waals surface area (Å²) in [4.78, 5) is 0. The Bertz CT molecular complexity index is 323. The molecule has 1 rings (SSSR count). The summed E-state index contributed by atoms with van der Waals surface area (Å²) in [5.41, 5.74) is 1.70. The second-order valence-electron chi connectivity index (χ2n) is 4.74. The van der Waals surface area contributed by atoms with Gasteiger partial charge in [-0.15, -0.1) is 0 Å². The minimum atomic E-state index is -0.586. The van der Waals surface area contributed by atoms with E-state index in [9.17, 15) is 0 Å². The average Bonchev–Trinajstić information content (AvgIpc) is 2.25. The third-order valence-electron chi connectivity index (χ3n) is 2.55. The maximum absolute atomic E-state index is 9.13. The molecule has 0 aromatic heterocycles. The van der Waals surface area contributed by atoms with Crippen LogP contribution in [0.1, 0.15) is 18.1 Å². The van der Waals surface area contributed by atoms with Gasteiger partial charge in [0.2, 0.25) is 0 Å². The van der Waals surface area contributed by atoms with Gasteiger partial charge in [-0.3, -0.25) is 0 Å². The van der Waals surface area contributed by atoms with Crippen molar-refractivity contribution in [1.29, 1.82) is 0 Å². The molecule has 0 bridgehead atoms. The fraction of sp³-hybridized carbons (Fsp3) is 0.538. The van der Waals surface area contributed by atoms with Crippen molar-refractivity contribution >= 4 is 0 Å². The molecule has 3 nitrogen and oxygen atoms in total. The molecule has 0 amide bonds. The van der Waals surface area contributed by atoms with E-state index in [1.54, 1.807) is 6.92 Å². The third kappa shape index (κ3) is 3.51. The van der Waals surface area contributed by atoms with Crippen molar-refractivity contribution in [3.05, 3.63) is 29.3 Å². The van der Waals surface area contributed by atoms with Crippen molar-refractivity contribution in [2.75, 3.05) is 19.8 Å². The molecule has 1 aromatic rings. The minimum Gasteiger partial charge on any atom is -0.493 e. The molecule has 0 atom stereocenters. The van der Waals surface area contributed by atoms with Crippen molar-refractivity contribution in [1.82, 2.24) is 0 Å². The van der Waals surface area contributed by atoms with Gasteiger partial charge < -0.3 is 14.9 Å². The van der Waals surface area contributed by atoms with Crippen LogP contribution in [-0.4, -0.2) is 30.0 Å². The monoisotopic (exact) mass is 224 g/mol. The lowest BCUT2D eigenvalue weighted by molar-refractivity contribution is 0.0287. The Hall–Kier alpha value is -1.06. The molecule has 0 unspecified atom stereocenters. The summed E-state index contributed by atoms with van der Waals surface area (Å²) in [6.45, 7) is 5.94. The van der Waals surface area contributed by atoms with Crippen LogP contribution in [0.15, 0.2) is 18.2 Å². The highest BCUT2D eigenvalue weighted by atomic mass is 16.5. The summed E-state index contributed by atoms with van der Waals surface area (Å²) in [5, 5.41) is 18.3. The van der Waals surface area contributed by atoms with Gasteiger partial charge in [0.15, 0.2) is 0 Å². The van der Waals surface area contributed by atoms with Gasteiger partial charge in [0.05, 0.1) is 19.8 Å². The minimum absolute atomic E-state index is 0.0890. The summed E-state index contributed by atoms with van der Waals surface area (Å²) < 4.78 is 5.59. The topological polar surface area (TPSA) is 49.7 Å². The van der Waals surface area contributed by atoms with Crippen LogP contribution >= 0.6 is 0 Å². The largest absolute Gasteiger partial charge is 0.493 e. The molecule has 90 valence electrons. The molecule has 0 saturated carbocycles. The summed E-state index contributed by atoms with van der Waals surface area (Å²) in [5.74, 6) is 0.783. The van der Waals surface area contributed by atoms with Gasteiger partial charge in [-0.25, -0.2) is 0 Å². The first-order valence-corrected chi connectivity index (χ1v) is 5.42. The second kappa shape index (κ2) is 5.32. The van der Waals surface area contributed by atoms with Crippen LogP contribution in [-0.2, 0) is 0 Å². The molecule has 0 aliphatic carbocycles. The van der Waals surface area contributed by atoms with Crippen LogP contribution in [0.3, 0.4) is 0 Å². The van der Waals surface area contributed by atoms with E-state index in [4.69, 9.17) is 14.9 Å². The molecule has 0 fully saturated rings. The lowest BCUT2D eigenvalue weighted by Gasteiger charge is -2.24. The number of benzene rings is 1. The molecule has 0 aliphatic rings. The van der Waals surface area contributed by atoms with Crippen LogP contribution in [0.5, 0.6) is 5.75 Å². The van der Waals surface area contributed by atoms with Crippen LogP contribution in [0.2, 0.25) is 0 Å². The van der Waals surface area contributed by atoms with Crippen LogP contribution in [0.4, 0.5) is 0 Å². The van der Waals surface area contributed by atoms with E-state index >= 15 is 0 Å². The number of hydrogen-bond acceptors (Lipinski definition) is 3. The Kier molecular flexibility index (Phi) is 4.33. The number of hydrogen-bond donors (Lipinski definition) is 2. The fourth-order valence-electron chi connectivity index (χ4n) is 1.42. The summed E-state index contributed by atoms with van der Waals surface area (Å²) in [7, 11) is 0. The standard InChI is InChI=1S/C13H20O3/c1-10-4-11(2)6-12(5-10)16-9-13(3,7-14)8-15/h4-6,14-15H,7-9H2,1-3H3. The van der Waals surface area contributed by atoms with E-state index in [-0.39, 0.29) is 13.2 Å². The van der Waals surface area contributed by atoms with E-state index in [2.05, 4.69) is 6.07 Å². The molecule has 3 heteroatoms. The highest BCUT2D eigenvalue weighted by Gasteiger charge is 2.23. The molecular formula is C13H20O3. The summed E-state index contributed by atoms with van der Waals surface area (Å²) in [6.07, 6.45) is 0. The normalized spacial score (nSPS) is 11.6. The Balaban J connectivity index is 2.67. The van der Waals surface area contributed by atoms with E-state index in [0.717, 1.165) is 16.9 Å². The first-order valence-electron chi connectivity index (χ1n) is 5.42. The van der Waals surface area contributed by atoms with Crippen molar-refractivity contribution in [3.63, 3.8) is 0 Å². The molecule has 2 N–H and O–H groups in total. The number of aliphatic hydroxyl groups excluding tert-OH is 2. The van der Waals surface area contributed by atoms with Gasteiger partial charge in [0, 0.05) is 5.41 Å². The second-order valence-corrected chi connectivity index (χ2v) is 4.74. The quantitative estimate of drug-likeness (QED) is 0.800. The molecule has 16 heavy (non-hydrogen) atoms. The Labute approximate surface area is 96.7 Å². The fourth-order valence-corrected chi connectivity index (χ4v) is 1.42. The predicted molar refractivity (Wildman–Crippen MR) is 63.7 cm³/mol. The van der Waals surface area contributed by atoms with Crippen molar-refractivity contribution in [2.24, 2.45) is 5.41 Å². The number of aryl methyl sites for hydroxylation is 2. The lowest BCUT2D eigenvalue weighted by atomic mass is 9.94. The van der Waals surface area contributed by atoms with E-state index < -0.39 is 5.41 Å². The maximum Gasteiger partial charge on any atom is 0.119 e. The molecule has 0 spiro atoms. The highest BCUT2D eigenvalue weighted by molar-refractivity contribution is 5.33. The van der Waals surface area contributed by atoms with Crippen molar-refractivity contribution in [3.8, 4) is 5.75 Å². The zero-order valence-corrected chi connectivity index (χ0v) is 10.2. The van der Waals surface area contributed by atoms with E-state index in [0.29, 0.717) is 6.61 Å². The number of aliphatic hydroxyl groups is 2. The lowest BCUT2D eigenvalue weighted by Crippen LogP contribution is -2.33. The molecular weight excluding hydrogens is 204 g/mol. The van der Waals surface area contributed by atoms with Crippen LogP contribution in [0, 0.1) is 19.3 Å². The Morgan fingerprint density at radius 2 is 1.56 bits per heavy atom. The average molecular weight is 224 g/mol. The van der Waals surface area contributed by atoms with E-state index in [1.165, 1.54) is 0 Å². The molecule has 0 heterocycles. The predicted octanol–water partition coefficient (Wildman–Crippen LogP) is 1.67. The molecule has 0 aliphatic heterocycles. The van der Waals surface area contributed by atoms with E-state index in [1.807, 2.05) is 26.0 Å². The van der Waals surface area contributed by atoms with Crippen molar-refractivity contribution < 1.29 is 14.9 Å². The van der Waals surface area contributed by atoms with Gasteiger partial charge in [-0.2, -0.15) is 0 Å². The van der Waals surface area contributed by atoms with Gasteiger partial charge in [-0.05, 0) is 37.1 Å². The van der Waals surface area contributed by atoms with Crippen LogP contribution < -0.4 is 4.74 Å². The Morgan fingerprint density at radius 1 is 1.06 bits per heavy atom. The van der Waals surface area contributed by atoms with Gasteiger partial charge in [0.1, 0.15) is 5.75 Å². The molecule has 0 saturated heterocycles. The zero-order valence-electron chi connectivity index (χ0n) is 10.2. The van der Waals surface area contributed by atoms with Gasteiger partial charge >= 0.3 is 0 Å².